The maximum Gasteiger partial charge on any atom is 0.343 e. The third kappa shape index (κ3) is 2.67. The highest BCUT2D eigenvalue weighted by Crippen LogP contribution is 2.20. The molecule has 0 atom stereocenters. The smallest absolute Gasteiger partial charge is 0.343 e. The van der Waals surface area contributed by atoms with Crippen LogP contribution in [0.2, 0.25) is 0 Å². The molecule has 6 heteroatoms. The second-order valence-electron chi connectivity index (χ2n) is 3.90. The third-order valence-electron chi connectivity index (χ3n) is 2.57. The maximum atomic E-state index is 11.6. The van der Waals surface area contributed by atoms with E-state index in [1.165, 1.54) is 6.20 Å². The van der Waals surface area contributed by atoms with Crippen LogP contribution in [0.15, 0.2) is 24.7 Å². The molecule has 0 aliphatic heterocycles. The van der Waals surface area contributed by atoms with Gasteiger partial charge in [0.25, 0.3) is 0 Å². The molecule has 2 heterocycles. The van der Waals surface area contributed by atoms with Gasteiger partial charge in [0.1, 0.15) is 11.4 Å². The van der Waals surface area contributed by atoms with Crippen molar-refractivity contribution in [2.45, 2.75) is 13.8 Å². The van der Waals surface area contributed by atoms with Crippen molar-refractivity contribution < 1.29 is 9.53 Å². The molecule has 98 valence electrons. The quantitative estimate of drug-likeness (QED) is 0.841. The second-order valence-corrected chi connectivity index (χ2v) is 3.90. The lowest BCUT2D eigenvalue weighted by atomic mass is 10.1. The van der Waals surface area contributed by atoms with Gasteiger partial charge < -0.3 is 10.5 Å². The van der Waals surface area contributed by atoms with Crippen molar-refractivity contribution in [1.82, 2.24) is 15.0 Å². The first-order valence-corrected chi connectivity index (χ1v) is 5.84. The van der Waals surface area contributed by atoms with Crippen molar-refractivity contribution in [2.75, 3.05) is 12.3 Å². The Labute approximate surface area is 110 Å². The molecule has 6 nitrogen and oxygen atoms in total. The Morgan fingerprint density at radius 2 is 2.21 bits per heavy atom. The normalized spacial score (nSPS) is 10.2. The number of hydrogen-bond donors (Lipinski definition) is 1. The number of rotatable bonds is 3. The van der Waals surface area contributed by atoms with E-state index in [0.29, 0.717) is 5.82 Å². The Balaban J connectivity index is 2.39. The van der Waals surface area contributed by atoms with Crippen LogP contribution < -0.4 is 5.73 Å². The second kappa shape index (κ2) is 5.43. The monoisotopic (exact) mass is 258 g/mol. The van der Waals surface area contributed by atoms with Gasteiger partial charge in [-0.2, -0.15) is 0 Å². The summed E-state index contributed by atoms with van der Waals surface area (Å²) in [6.07, 6.45) is 4.75. The predicted octanol–water partition coefficient (Wildman–Crippen LogP) is 1.61. The minimum atomic E-state index is -0.516. The molecule has 0 aromatic carbocycles. The largest absolute Gasteiger partial charge is 0.462 e. The van der Waals surface area contributed by atoms with Gasteiger partial charge in [0.15, 0.2) is 5.82 Å². The number of anilines is 1. The molecular weight excluding hydrogens is 244 g/mol. The fourth-order valence-corrected chi connectivity index (χ4v) is 1.62. The molecule has 0 aliphatic rings. The number of carbonyl (C=O) groups is 1. The number of ether oxygens (including phenoxy) is 1. The number of nitrogens with zero attached hydrogens (tertiary/aromatic N) is 3. The molecule has 0 bridgehead atoms. The summed E-state index contributed by atoms with van der Waals surface area (Å²) in [6.45, 7) is 3.91. The topological polar surface area (TPSA) is 91.0 Å². The average molecular weight is 258 g/mol. The van der Waals surface area contributed by atoms with E-state index in [0.717, 1.165) is 11.1 Å². The SMILES string of the molecule is CCOC(=O)c1cnc(-c2ccncc2C)nc1N. The Kier molecular flexibility index (Phi) is 3.70. The summed E-state index contributed by atoms with van der Waals surface area (Å²) in [6, 6.07) is 1.80. The molecule has 2 aromatic heterocycles. The molecule has 19 heavy (non-hydrogen) atoms. The summed E-state index contributed by atoms with van der Waals surface area (Å²) in [5.74, 6) is 0.0584. The van der Waals surface area contributed by atoms with Gasteiger partial charge in [-0.15, -0.1) is 0 Å². The fourth-order valence-electron chi connectivity index (χ4n) is 1.62. The number of aryl methyl sites for hydroxylation is 1. The van der Waals surface area contributed by atoms with Gasteiger partial charge in [-0.25, -0.2) is 14.8 Å². The van der Waals surface area contributed by atoms with Gasteiger partial charge in [0.05, 0.1) is 6.61 Å². The van der Waals surface area contributed by atoms with E-state index in [4.69, 9.17) is 10.5 Å². The molecule has 0 saturated heterocycles. The summed E-state index contributed by atoms with van der Waals surface area (Å²) in [5, 5.41) is 0. The average Bonchev–Trinajstić information content (AvgIpc) is 2.39. The first-order valence-electron chi connectivity index (χ1n) is 5.84. The number of esters is 1. The van der Waals surface area contributed by atoms with Gasteiger partial charge in [-0.1, -0.05) is 0 Å². The molecule has 2 aromatic rings. The van der Waals surface area contributed by atoms with Gasteiger partial charge in [-0.3, -0.25) is 4.98 Å². The molecule has 0 saturated carbocycles. The van der Waals surface area contributed by atoms with Crippen LogP contribution in [0.5, 0.6) is 0 Å². The highest BCUT2D eigenvalue weighted by atomic mass is 16.5. The zero-order valence-corrected chi connectivity index (χ0v) is 10.8. The summed E-state index contributed by atoms with van der Waals surface area (Å²) in [7, 11) is 0. The molecule has 0 unspecified atom stereocenters. The van der Waals surface area contributed by atoms with Crippen LogP contribution in [0.1, 0.15) is 22.8 Å². The highest BCUT2D eigenvalue weighted by Gasteiger charge is 2.14. The van der Waals surface area contributed by atoms with Crippen molar-refractivity contribution in [2.24, 2.45) is 0 Å². The zero-order chi connectivity index (χ0) is 13.8. The number of aromatic nitrogens is 3. The molecule has 0 aliphatic carbocycles. The summed E-state index contributed by atoms with van der Waals surface area (Å²) < 4.78 is 4.87. The van der Waals surface area contributed by atoms with Crippen molar-refractivity contribution in [1.29, 1.82) is 0 Å². The van der Waals surface area contributed by atoms with Crippen LogP contribution in [0.25, 0.3) is 11.4 Å². The van der Waals surface area contributed by atoms with E-state index in [2.05, 4.69) is 15.0 Å². The van der Waals surface area contributed by atoms with Crippen molar-refractivity contribution in [3.8, 4) is 11.4 Å². The lowest BCUT2D eigenvalue weighted by Gasteiger charge is -2.07. The number of pyridine rings is 1. The van der Waals surface area contributed by atoms with Crippen molar-refractivity contribution in [3.05, 3.63) is 35.8 Å². The fraction of sp³-hybridized carbons (Fsp3) is 0.231. The van der Waals surface area contributed by atoms with Crippen LogP contribution in [0.4, 0.5) is 5.82 Å². The molecule has 2 N–H and O–H groups in total. The van der Waals surface area contributed by atoms with Gasteiger partial charge >= 0.3 is 5.97 Å². The molecule has 2 rings (SSSR count). The van der Waals surface area contributed by atoms with Gasteiger partial charge in [0.2, 0.25) is 0 Å². The molecular formula is C13H14N4O2. The number of nitrogen functional groups attached to an aromatic ring is 1. The van der Waals surface area contributed by atoms with E-state index in [1.54, 1.807) is 25.4 Å². The lowest BCUT2D eigenvalue weighted by Crippen LogP contribution is -2.11. The zero-order valence-electron chi connectivity index (χ0n) is 10.8. The molecule has 0 amide bonds. The number of hydrogen-bond acceptors (Lipinski definition) is 6. The third-order valence-corrected chi connectivity index (χ3v) is 2.57. The minimum Gasteiger partial charge on any atom is -0.462 e. The van der Waals surface area contributed by atoms with Gasteiger partial charge in [-0.05, 0) is 25.5 Å². The van der Waals surface area contributed by atoms with E-state index < -0.39 is 5.97 Å². The standard InChI is InChI=1S/C13H14N4O2/c1-3-19-13(18)10-7-16-12(17-11(10)14)9-4-5-15-6-8(9)2/h4-7H,3H2,1-2H3,(H2,14,16,17). The van der Waals surface area contributed by atoms with Crippen molar-refractivity contribution >= 4 is 11.8 Å². The Bertz CT molecular complexity index is 613. The maximum absolute atomic E-state index is 11.6. The predicted molar refractivity (Wildman–Crippen MR) is 70.4 cm³/mol. The highest BCUT2D eigenvalue weighted by molar-refractivity contribution is 5.94. The van der Waals surface area contributed by atoms with E-state index in [1.807, 2.05) is 6.92 Å². The van der Waals surface area contributed by atoms with Crippen LogP contribution in [0.3, 0.4) is 0 Å². The van der Waals surface area contributed by atoms with E-state index in [-0.39, 0.29) is 18.0 Å². The molecule has 0 fully saturated rings. The Morgan fingerprint density at radius 3 is 2.84 bits per heavy atom. The summed E-state index contributed by atoms with van der Waals surface area (Å²) in [4.78, 5) is 23.9. The van der Waals surface area contributed by atoms with Crippen LogP contribution in [-0.4, -0.2) is 27.5 Å². The summed E-state index contributed by atoms with van der Waals surface area (Å²) >= 11 is 0. The first-order chi connectivity index (χ1) is 9.13. The van der Waals surface area contributed by atoms with Crippen LogP contribution >= 0.6 is 0 Å². The Morgan fingerprint density at radius 1 is 1.42 bits per heavy atom. The summed E-state index contributed by atoms with van der Waals surface area (Å²) in [5.41, 5.74) is 7.72. The van der Waals surface area contributed by atoms with E-state index >= 15 is 0 Å². The van der Waals surface area contributed by atoms with Gasteiger partial charge in [0, 0.05) is 24.2 Å². The van der Waals surface area contributed by atoms with Crippen molar-refractivity contribution in [3.63, 3.8) is 0 Å². The minimum absolute atomic E-state index is 0.111. The molecule has 0 radical (unpaired) electrons. The van der Waals surface area contributed by atoms with E-state index in [9.17, 15) is 4.79 Å². The van der Waals surface area contributed by atoms with Crippen LogP contribution in [0, 0.1) is 6.92 Å². The Hall–Kier alpha value is -2.50. The first kappa shape index (κ1) is 12.9. The molecule has 0 spiro atoms. The lowest BCUT2D eigenvalue weighted by molar-refractivity contribution is 0.0527. The van der Waals surface area contributed by atoms with Crippen LogP contribution in [-0.2, 0) is 4.74 Å². The number of carbonyl (C=O) groups excluding carboxylic acids is 1. The number of nitrogens with two attached hydrogens (primary N) is 1.